The van der Waals surface area contributed by atoms with E-state index in [1.807, 2.05) is 19.1 Å². The first-order valence-electron chi connectivity index (χ1n) is 11.5. The fraction of sp³-hybridized carbons (Fsp3) is 0.360. The van der Waals surface area contributed by atoms with Crippen molar-refractivity contribution in [3.8, 4) is 0 Å². The number of rotatable bonds is 5. The minimum atomic E-state index is -0.472. The van der Waals surface area contributed by atoms with Crippen molar-refractivity contribution in [3.05, 3.63) is 59.4 Å². The average Bonchev–Trinajstić information content (AvgIpc) is 3.13. The van der Waals surface area contributed by atoms with E-state index in [1.165, 1.54) is 18.9 Å². The monoisotopic (exact) mass is 446 g/mol. The number of nitrogens with zero attached hydrogens (tertiary/aromatic N) is 3. The van der Waals surface area contributed by atoms with Gasteiger partial charge >= 0.3 is 0 Å². The summed E-state index contributed by atoms with van der Waals surface area (Å²) < 4.78 is 16.1. The number of aromatic nitrogens is 3. The number of nitrogens with one attached hydrogen (secondary N) is 3. The predicted octanol–water partition coefficient (Wildman–Crippen LogP) is 4.15. The highest BCUT2D eigenvalue weighted by atomic mass is 19.1. The standard InChI is InChI=1S/C25H27FN6O/c1-14-9-20-22(31-8-7-17(12-31)29-16-3-4-16)6-5-19(23(20)27-14)25(33)30-18-10-21(26)24-28-15(2)11-32(24)13-18/h5-6,9-11,13,16-17,27,29H,3-4,7-8,12H2,1-2H3,(H,30,33)/t17-/m0/s1. The highest BCUT2D eigenvalue weighted by molar-refractivity contribution is 6.14. The number of carbonyl (C=O) groups excluding carboxylic acids is 1. The molecule has 33 heavy (non-hydrogen) atoms. The summed E-state index contributed by atoms with van der Waals surface area (Å²) in [6.45, 7) is 5.78. The Balaban J connectivity index is 1.29. The Bertz CT molecular complexity index is 1380. The van der Waals surface area contributed by atoms with Crippen molar-refractivity contribution in [2.24, 2.45) is 0 Å². The molecule has 3 N–H and O–H groups in total. The maximum atomic E-state index is 14.5. The molecule has 1 aliphatic carbocycles. The van der Waals surface area contributed by atoms with Crippen molar-refractivity contribution < 1.29 is 9.18 Å². The Hall–Kier alpha value is -3.39. The molecule has 4 aromatic rings. The van der Waals surface area contributed by atoms with Gasteiger partial charge in [0.05, 0.1) is 22.5 Å². The summed E-state index contributed by atoms with van der Waals surface area (Å²) in [4.78, 5) is 23.1. The second kappa shape index (κ2) is 7.59. The lowest BCUT2D eigenvalue weighted by atomic mass is 10.1. The third-order valence-electron chi connectivity index (χ3n) is 6.61. The number of hydrogen-bond acceptors (Lipinski definition) is 4. The second-order valence-corrected chi connectivity index (χ2v) is 9.39. The summed E-state index contributed by atoms with van der Waals surface area (Å²) in [5.41, 5.74) is 4.84. The van der Waals surface area contributed by atoms with Crippen molar-refractivity contribution in [2.75, 3.05) is 23.3 Å². The van der Waals surface area contributed by atoms with Crippen LogP contribution in [0.15, 0.2) is 36.7 Å². The summed E-state index contributed by atoms with van der Waals surface area (Å²) in [7, 11) is 0. The average molecular weight is 447 g/mol. The normalized spacial score (nSPS) is 18.5. The molecular formula is C25H27FN6O. The minimum Gasteiger partial charge on any atom is -0.369 e. The maximum absolute atomic E-state index is 14.5. The molecule has 2 fully saturated rings. The fourth-order valence-electron chi connectivity index (χ4n) is 4.95. The van der Waals surface area contributed by atoms with Crippen molar-refractivity contribution in [2.45, 2.75) is 45.2 Å². The number of fused-ring (bicyclic) bond motifs is 2. The zero-order chi connectivity index (χ0) is 22.7. The Morgan fingerprint density at radius 1 is 1.15 bits per heavy atom. The zero-order valence-corrected chi connectivity index (χ0v) is 18.8. The van der Waals surface area contributed by atoms with E-state index in [-0.39, 0.29) is 11.6 Å². The number of pyridine rings is 1. The van der Waals surface area contributed by atoms with Gasteiger partial charge in [-0.25, -0.2) is 9.37 Å². The van der Waals surface area contributed by atoms with E-state index in [0.29, 0.717) is 29.0 Å². The van der Waals surface area contributed by atoms with Gasteiger partial charge in [0, 0.05) is 60.4 Å². The van der Waals surface area contributed by atoms with E-state index in [9.17, 15) is 9.18 Å². The lowest BCUT2D eigenvalue weighted by Crippen LogP contribution is -2.34. The van der Waals surface area contributed by atoms with Crippen LogP contribution in [0.5, 0.6) is 0 Å². The van der Waals surface area contributed by atoms with E-state index in [1.54, 1.807) is 23.7 Å². The van der Waals surface area contributed by atoms with Gasteiger partial charge in [0.1, 0.15) is 0 Å². The molecule has 170 valence electrons. The first kappa shape index (κ1) is 20.2. The molecule has 8 heteroatoms. The van der Waals surface area contributed by atoms with Crippen LogP contribution in [0.3, 0.4) is 0 Å². The van der Waals surface area contributed by atoms with Crippen molar-refractivity contribution >= 4 is 33.8 Å². The highest BCUT2D eigenvalue weighted by Gasteiger charge is 2.30. The van der Waals surface area contributed by atoms with Gasteiger partial charge in [0.25, 0.3) is 5.91 Å². The minimum absolute atomic E-state index is 0.248. The first-order chi connectivity index (χ1) is 15.9. The number of imidazole rings is 1. The number of benzene rings is 1. The SMILES string of the molecule is Cc1cn2cc(NC(=O)c3ccc(N4CC[C@H](NC5CC5)C4)c4cc(C)[nH]c34)cc(F)c2n1. The molecule has 0 unspecified atom stereocenters. The number of halogens is 1. The highest BCUT2D eigenvalue weighted by Crippen LogP contribution is 2.33. The van der Waals surface area contributed by atoms with Gasteiger partial charge in [0.2, 0.25) is 0 Å². The topological polar surface area (TPSA) is 77.5 Å². The molecule has 1 saturated heterocycles. The van der Waals surface area contributed by atoms with Gasteiger partial charge in [-0.1, -0.05) is 0 Å². The zero-order valence-electron chi connectivity index (χ0n) is 18.8. The number of amides is 1. The van der Waals surface area contributed by atoms with Crippen LogP contribution in [0.25, 0.3) is 16.6 Å². The van der Waals surface area contributed by atoms with E-state index in [2.05, 4.69) is 31.6 Å². The van der Waals surface area contributed by atoms with Crippen molar-refractivity contribution in [1.82, 2.24) is 19.7 Å². The number of aryl methyl sites for hydroxylation is 2. The van der Waals surface area contributed by atoms with Gasteiger partial charge in [-0.3, -0.25) is 4.79 Å². The summed E-state index contributed by atoms with van der Waals surface area (Å²) in [5, 5.41) is 7.63. The van der Waals surface area contributed by atoms with Crippen LogP contribution in [0, 0.1) is 19.7 Å². The molecule has 0 bridgehead atoms. The maximum Gasteiger partial charge on any atom is 0.257 e. The van der Waals surface area contributed by atoms with Crippen LogP contribution in [0.4, 0.5) is 15.8 Å². The molecule has 1 saturated carbocycles. The third kappa shape index (κ3) is 3.74. The van der Waals surface area contributed by atoms with Crippen LogP contribution in [0.2, 0.25) is 0 Å². The Morgan fingerprint density at radius 3 is 2.82 bits per heavy atom. The molecule has 7 nitrogen and oxygen atoms in total. The van der Waals surface area contributed by atoms with E-state index >= 15 is 0 Å². The Labute approximate surface area is 191 Å². The van der Waals surface area contributed by atoms with Gasteiger partial charge in [-0.15, -0.1) is 0 Å². The Kier molecular flexibility index (Phi) is 4.65. The molecule has 3 aromatic heterocycles. The molecule has 1 aliphatic heterocycles. The van der Waals surface area contributed by atoms with Crippen molar-refractivity contribution in [3.63, 3.8) is 0 Å². The molecule has 4 heterocycles. The van der Waals surface area contributed by atoms with E-state index in [0.717, 1.165) is 41.8 Å². The van der Waals surface area contributed by atoms with Gasteiger partial charge in [-0.2, -0.15) is 0 Å². The fourth-order valence-corrected chi connectivity index (χ4v) is 4.95. The van der Waals surface area contributed by atoms with Crippen LogP contribution in [0.1, 0.15) is 41.0 Å². The van der Waals surface area contributed by atoms with Crippen LogP contribution >= 0.6 is 0 Å². The van der Waals surface area contributed by atoms with Crippen molar-refractivity contribution in [1.29, 1.82) is 0 Å². The molecule has 0 spiro atoms. The summed E-state index contributed by atoms with van der Waals surface area (Å²) >= 11 is 0. The molecule has 6 rings (SSSR count). The molecule has 2 aliphatic rings. The van der Waals surface area contributed by atoms with E-state index < -0.39 is 5.82 Å². The van der Waals surface area contributed by atoms with Gasteiger partial charge < -0.3 is 24.9 Å². The smallest absolute Gasteiger partial charge is 0.257 e. The lowest BCUT2D eigenvalue weighted by Gasteiger charge is -2.21. The van der Waals surface area contributed by atoms with Crippen LogP contribution in [-0.2, 0) is 0 Å². The number of anilines is 2. The summed E-state index contributed by atoms with van der Waals surface area (Å²) in [6.07, 6.45) is 7.12. The molecule has 1 amide bonds. The molecule has 0 radical (unpaired) electrons. The van der Waals surface area contributed by atoms with Gasteiger partial charge in [0.15, 0.2) is 11.5 Å². The van der Waals surface area contributed by atoms with Gasteiger partial charge in [-0.05, 0) is 51.3 Å². The number of carbonyl (C=O) groups is 1. The first-order valence-corrected chi connectivity index (χ1v) is 11.5. The predicted molar refractivity (Wildman–Crippen MR) is 128 cm³/mol. The number of H-pyrrole nitrogens is 1. The molecule has 1 aromatic carbocycles. The molecular weight excluding hydrogens is 419 g/mol. The summed E-state index contributed by atoms with van der Waals surface area (Å²) in [6, 6.07) is 8.53. The second-order valence-electron chi connectivity index (χ2n) is 9.39. The number of hydrogen-bond donors (Lipinski definition) is 3. The largest absolute Gasteiger partial charge is 0.369 e. The lowest BCUT2D eigenvalue weighted by molar-refractivity contribution is 0.102. The third-order valence-corrected chi connectivity index (χ3v) is 6.61. The van der Waals surface area contributed by atoms with Crippen LogP contribution in [-0.4, -0.2) is 45.4 Å². The van der Waals surface area contributed by atoms with E-state index in [4.69, 9.17) is 0 Å². The summed E-state index contributed by atoms with van der Waals surface area (Å²) in [5.74, 6) is -0.751. The van der Waals surface area contributed by atoms with Crippen LogP contribution < -0.4 is 15.5 Å². The molecule has 1 atom stereocenters. The Morgan fingerprint density at radius 2 is 2.00 bits per heavy atom. The number of aromatic amines is 1. The quantitative estimate of drug-likeness (QED) is 0.430.